The molecule has 114 valence electrons. The minimum absolute atomic E-state index is 0.0942. The second-order valence-electron chi connectivity index (χ2n) is 4.65. The molecule has 2 unspecified atom stereocenters. The molecule has 0 aliphatic heterocycles. The molecule has 0 spiro atoms. The Hall–Kier alpha value is -2.07. The first-order valence-corrected chi connectivity index (χ1v) is 7.97. The Balaban J connectivity index is 2.92. The van der Waals surface area contributed by atoms with E-state index in [-0.39, 0.29) is 23.3 Å². The molecule has 0 aromatic heterocycles. The molecule has 0 radical (unpaired) electrons. The van der Waals surface area contributed by atoms with E-state index in [0.29, 0.717) is 5.69 Å². The topological polar surface area (TPSA) is 71.8 Å². The maximum Gasteiger partial charge on any atom is 0.241 e. The fourth-order valence-electron chi connectivity index (χ4n) is 1.52. The van der Waals surface area contributed by atoms with Gasteiger partial charge in [0.25, 0.3) is 0 Å². The van der Waals surface area contributed by atoms with E-state index in [1.807, 2.05) is 13.8 Å². The van der Waals surface area contributed by atoms with Crippen molar-refractivity contribution in [1.82, 2.24) is 5.43 Å². The zero-order chi connectivity index (χ0) is 16.0. The second-order valence-corrected chi connectivity index (χ2v) is 5.62. The molecule has 1 rings (SSSR count). The highest BCUT2D eigenvalue weighted by molar-refractivity contribution is 7.79. The van der Waals surface area contributed by atoms with E-state index >= 15 is 0 Å². The first kappa shape index (κ1) is 17.0. The van der Waals surface area contributed by atoms with Crippen LogP contribution in [-0.4, -0.2) is 16.4 Å². The molecule has 0 heterocycles. The van der Waals surface area contributed by atoms with Crippen molar-refractivity contribution in [2.75, 3.05) is 11.7 Å². The fourth-order valence-corrected chi connectivity index (χ4v) is 1.91. The zero-order valence-electron chi connectivity index (χ0n) is 12.5. The van der Waals surface area contributed by atoms with Gasteiger partial charge in [-0.2, -0.15) is 0 Å². The van der Waals surface area contributed by atoms with E-state index in [2.05, 4.69) is 15.7 Å². The van der Waals surface area contributed by atoms with Gasteiger partial charge in [-0.1, -0.05) is 13.8 Å². The fraction of sp³-hybridized carbons (Fsp3) is 0.429. The summed E-state index contributed by atoms with van der Waals surface area (Å²) in [6.45, 7) is 12.7. The summed E-state index contributed by atoms with van der Waals surface area (Å²) in [4.78, 5) is 15.1. The first-order valence-electron chi connectivity index (χ1n) is 6.48. The third-order valence-corrected chi connectivity index (χ3v) is 3.43. The molecule has 0 aliphatic rings. The van der Waals surface area contributed by atoms with Crippen molar-refractivity contribution in [3.8, 4) is 5.75 Å². The van der Waals surface area contributed by atoms with Gasteiger partial charge in [0.05, 0.1) is 6.57 Å². The molecular formula is C14H19N3O3S. The smallest absolute Gasteiger partial charge is 0.241 e. The van der Waals surface area contributed by atoms with Crippen LogP contribution in [0.4, 0.5) is 11.4 Å². The van der Waals surface area contributed by atoms with Gasteiger partial charge in [0.1, 0.15) is 5.75 Å². The van der Waals surface area contributed by atoms with Crippen LogP contribution in [-0.2, 0) is 15.9 Å². The number of carbonyl (C=O) groups excluding carboxylic acids is 1. The molecule has 21 heavy (non-hydrogen) atoms. The Morgan fingerprint density at radius 3 is 2.71 bits per heavy atom. The number of anilines is 1. The lowest BCUT2D eigenvalue weighted by Crippen LogP contribution is -2.33. The van der Waals surface area contributed by atoms with E-state index in [1.165, 1.54) is 6.26 Å². The van der Waals surface area contributed by atoms with Crippen LogP contribution in [0, 0.1) is 19.4 Å². The highest BCUT2D eigenvalue weighted by Crippen LogP contribution is 2.33. The van der Waals surface area contributed by atoms with E-state index in [9.17, 15) is 9.00 Å². The Kier molecular flexibility index (Phi) is 6.18. The van der Waals surface area contributed by atoms with Gasteiger partial charge in [0.15, 0.2) is 0 Å². The Morgan fingerprint density at radius 2 is 2.19 bits per heavy atom. The van der Waals surface area contributed by atoms with Gasteiger partial charge in [-0.25, -0.2) is 9.05 Å². The average molecular weight is 309 g/mol. The van der Waals surface area contributed by atoms with Gasteiger partial charge in [-0.3, -0.25) is 15.6 Å². The summed E-state index contributed by atoms with van der Waals surface area (Å²) in [5.41, 5.74) is 7.03. The van der Waals surface area contributed by atoms with Crippen LogP contribution in [0.2, 0.25) is 0 Å². The summed E-state index contributed by atoms with van der Waals surface area (Å²) < 4.78 is 16.2. The molecule has 1 amide bonds. The van der Waals surface area contributed by atoms with Gasteiger partial charge in [-0.15, -0.1) is 0 Å². The van der Waals surface area contributed by atoms with Gasteiger partial charge >= 0.3 is 0 Å². The third-order valence-electron chi connectivity index (χ3n) is 3.01. The normalized spacial score (nSPS) is 12.9. The largest absolute Gasteiger partial charge is 0.412 e. The van der Waals surface area contributed by atoms with E-state index in [0.717, 1.165) is 12.0 Å². The predicted molar refractivity (Wildman–Crippen MR) is 83.4 cm³/mol. The number of carbonyl (C=O) groups is 1. The van der Waals surface area contributed by atoms with Crippen molar-refractivity contribution in [3.05, 3.63) is 29.1 Å². The van der Waals surface area contributed by atoms with Crippen molar-refractivity contribution in [1.29, 1.82) is 0 Å². The van der Waals surface area contributed by atoms with Gasteiger partial charge in [-0.05, 0) is 31.0 Å². The molecule has 0 aliphatic carbocycles. The quantitative estimate of drug-likeness (QED) is 0.626. The lowest BCUT2D eigenvalue weighted by atomic mass is 10.1. The van der Waals surface area contributed by atoms with Gasteiger partial charge in [0.2, 0.25) is 22.7 Å². The summed E-state index contributed by atoms with van der Waals surface area (Å²) in [7, 11) is 0. The molecule has 2 atom stereocenters. The molecule has 0 saturated carbocycles. The van der Waals surface area contributed by atoms with Crippen LogP contribution in [0.1, 0.15) is 25.8 Å². The van der Waals surface area contributed by atoms with Crippen LogP contribution in [0.15, 0.2) is 12.1 Å². The number of benzene rings is 1. The lowest BCUT2D eigenvalue weighted by molar-refractivity contribution is -0.124. The van der Waals surface area contributed by atoms with Crippen molar-refractivity contribution < 1.29 is 13.2 Å². The standard InChI is InChI=1S/C14H19N3O3S/c1-6-9(2)14(18)17-16-11-8-12(15-4)13(7-10(11)3)20-21(5)19/h7-9,16H,6H2,1-3,5H3,(H,17,18). The summed E-state index contributed by atoms with van der Waals surface area (Å²) >= 11 is -1.50. The Morgan fingerprint density at radius 1 is 1.52 bits per heavy atom. The lowest BCUT2D eigenvalue weighted by Gasteiger charge is -2.15. The first-order chi connectivity index (χ1) is 9.88. The molecule has 0 fully saturated rings. The molecular weight excluding hydrogens is 290 g/mol. The number of aryl methyl sites for hydroxylation is 1. The number of hydrogen-bond donors (Lipinski definition) is 2. The highest BCUT2D eigenvalue weighted by Gasteiger charge is 2.13. The number of nitrogens with zero attached hydrogens (tertiary/aromatic N) is 1. The van der Waals surface area contributed by atoms with E-state index in [1.54, 1.807) is 19.1 Å². The van der Waals surface area contributed by atoms with Gasteiger partial charge in [0, 0.05) is 17.9 Å². The molecule has 2 N–H and O–H groups in total. The minimum Gasteiger partial charge on any atom is -0.412 e. The summed E-state index contributed by atoms with van der Waals surface area (Å²) in [6, 6.07) is 3.17. The van der Waals surface area contributed by atoms with E-state index in [4.69, 9.17) is 10.8 Å². The second kappa shape index (κ2) is 7.64. The number of hydrogen-bond acceptors (Lipinski definition) is 4. The average Bonchev–Trinajstić information content (AvgIpc) is 2.44. The molecule has 1 aromatic rings. The van der Waals surface area contributed by atoms with Crippen LogP contribution in [0.25, 0.3) is 4.85 Å². The summed E-state index contributed by atoms with van der Waals surface area (Å²) in [6.07, 6.45) is 2.14. The number of rotatable bonds is 6. The number of amides is 1. The molecule has 0 bridgehead atoms. The molecule has 7 heteroatoms. The van der Waals surface area contributed by atoms with Crippen LogP contribution >= 0.6 is 0 Å². The maximum absolute atomic E-state index is 11.7. The Labute approximate surface area is 127 Å². The predicted octanol–water partition coefficient (Wildman–Crippen LogP) is 2.71. The number of hydrazine groups is 1. The summed E-state index contributed by atoms with van der Waals surface area (Å²) in [5.74, 6) is 0.0571. The zero-order valence-corrected chi connectivity index (χ0v) is 13.3. The Bertz CT molecular complexity index is 596. The van der Waals surface area contributed by atoms with Crippen LogP contribution in [0.3, 0.4) is 0 Å². The highest BCUT2D eigenvalue weighted by atomic mass is 32.2. The van der Waals surface area contributed by atoms with Crippen molar-refractivity contribution in [2.24, 2.45) is 5.92 Å². The molecule has 6 nitrogen and oxygen atoms in total. The van der Waals surface area contributed by atoms with Crippen molar-refractivity contribution in [3.63, 3.8) is 0 Å². The number of nitrogens with one attached hydrogen (secondary N) is 2. The summed E-state index contributed by atoms with van der Waals surface area (Å²) in [5, 5.41) is 0. The van der Waals surface area contributed by atoms with Crippen LogP contribution < -0.4 is 15.0 Å². The maximum atomic E-state index is 11.7. The van der Waals surface area contributed by atoms with Crippen molar-refractivity contribution >= 4 is 28.4 Å². The molecule has 0 saturated heterocycles. The monoisotopic (exact) mass is 309 g/mol. The molecule has 1 aromatic carbocycles. The van der Waals surface area contributed by atoms with Crippen LogP contribution in [0.5, 0.6) is 5.75 Å². The van der Waals surface area contributed by atoms with Gasteiger partial charge < -0.3 is 4.18 Å². The SMILES string of the molecule is [C-]#[N+]c1cc(NNC(=O)C(C)CC)c(C)cc1OS(C)=O. The van der Waals surface area contributed by atoms with E-state index < -0.39 is 11.1 Å². The van der Waals surface area contributed by atoms with Crippen molar-refractivity contribution in [2.45, 2.75) is 27.2 Å². The third kappa shape index (κ3) is 4.76. The minimum atomic E-state index is -1.50.